The quantitative estimate of drug-likeness (QED) is 0.597. The lowest BCUT2D eigenvalue weighted by atomic mass is 9.86. The van der Waals surface area contributed by atoms with Gasteiger partial charge in [-0.2, -0.15) is 0 Å². The highest BCUT2D eigenvalue weighted by Gasteiger charge is 2.32. The van der Waals surface area contributed by atoms with Crippen LogP contribution in [-0.2, 0) is 0 Å². The molecule has 3 aromatic rings. The Bertz CT molecular complexity index is 1000. The van der Waals surface area contributed by atoms with Crippen LogP contribution in [0.5, 0.6) is 0 Å². The summed E-state index contributed by atoms with van der Waals surface area (Å²) in [7, 11) is 7.99. The van der Waals surface area contributed by atoms with E-state index in [9.17, 15) is 4.79 Å². The predicted octanol–water partition coefficient (Wildman–Crippen LogP) is 3.08. The molecule has 0 fully saturated rings. The van der Waals surface area contributed by atoms with Gasteiger partial charge in [0.1, 0.15) is 5.52 Å². The molecule has 4 rings (SSSR count). The summed E-state index contributed by atoms with van der Waals surface area (Å²) in [5.74, 6) is 0.684. The van der Waals surface area contributed by atoms with Crippen LogP contribution < -0.4 is 10.2 Å². The van der Waals surface area contributed by atoms with Crippen LogP contribution in [0.2, 0.25) is 0 Å². The first-order valence-corrected chi connectivity index (χ1v) is 8.65. The van der Waals surface area contributed by atoms with Gasteiger partial charge in [-0.1, -0.05) is 29.4 Å². The molecule has 0 bridgehead atoms. The smallest absolute Gasteiger partial charge is 0.196 e. The average molecular weight is 350 g/mol. The van der Waals surface area contributed by atoms with Crippen LogP contribution >= 0.6 is 0 Å². The molecule has 134 valence electrons. The molecule has 0 unspecified atom stereocenters. The molecule has 6 heteroatoms. The van der Waals surface area contributed by atoms with Gasteiger partial charge < -0.3 is 19.6 Å². The largest absolute Gasteiger partial charge is 0.383 e. The first kappa shape index (κ1) is 16.6. The van der Waals surface area contributed by atoms with Crippen LogP contribution in [0.25, 0.3) is 22.2 Å². The van der Waals surface area contributed by atoms with E-state index in [-0.39, 0.29) is 5.78 Å². The summed E-state index contributed by atoms with van der Waals surface area (Å²) in [5, 5.41) is 8.52. The summed E-state index contributed by atoms with van der Waals surface area (Å²) in [5.41, 5.74) is 4.60. The second-order valence-electron chi connectivity index (χ2n) is 7.05. The van der Waals surface area contributed by atoms with Crippen molar-refractivity contribution >= 4 is 28.1 Å². The van der Waals surface area contributed by atoms with E-state index in [0.29, 0.717) is 16.9 Å². The van der Waals surface area contributed by atoms with Gasteiger partial charge in [0.15, 0.2) is 11.5 Å². The zero-order chi connectivity index (χ0) is 18.4. The minimum atomic E-state index is 0.0129. The molecular weight excluding hydrogens is 328 g/mol. The Morgan fingerprint density at radius 1 is 1.12 bits per heavy atom. The third kappa shape index (κ3) is 2.45. The van der Waals surface area contributed by atoms with Crippen LogP contribution in [0, 0.1) is 0 Å². The first-order chi connectivity index (χ1) is 12.5. The van der Waals surface area contributed by atoms with Gasteiger partial charge >= 0.3 is 0 Å². The van der Waals surface area contributed by atoms with Crippen molar-refractivity contribution in [1.82, 2.24) is 10.1 Å². The van der Waals surface area contributed by atoms with Gasteiger partial charge in [-0.3, -0.25) is 4.79 Å². The summed E-state index contributed by atoms with van der Waals surface area (Å²) in [4.78, 5) is 17.4. The van der Waals surface area contributed by atoms with Gasteiger partial charge in [-0.05, 0) is 20.2 Å². The van der Waals surface area contributed by atoms with Gasteiger partial charge in [0, 0.05) is 44.0 Å². The molecule has 0 aliphatic heterocycles. The Kier molecular flexibility index (Phi) is 3.92. The number of likely N-dealkylation sites (N-methyl/N-ethyl adjacent to an activating group) is 1. The maximum Gasteiger partial charge on any atom is 0.196 e. The third-order valence-corrected chi connectivity index (χ3v) is 4.73. The Hall–Kier alpha value is -2.86. The van der Waals surface area contributed by atoms with Crippen LogP contribution in [0.4, 0.5) is 11.4 Å². The Morgan fingerprint density at radius 2 is 1.85 bits per heavy atom. The lowest BCUT2D eigenvalue weighted by Gasteiger charge is -2.22. The van der Waals surface area contributed by atoms with Crippen molar-refractivity contribution in [2.75, 3.05) is 51.5 Å². The molecule has 0 amide bonds. The van der Waals surface area contributed by atoms with E-state index in [2.05, 4.69) is 15.4 Å². The number of ketones is 1. The molecule has 2 aromatic carbocycles. The van der Waals surface area contributed by atoms with Crippen LogP contribution in [-0.4, -0.2) is 57.1 Å². The standard InChI is InChI=1S/C20H22N4O2/c1-23(2)10-9-21-14-11-15(24(3)4)18-17-16(14)19(25)12-7-5-6-8-13(12)20(17)26-22-18/h5-8,11,21H,9-10H2,1-4H3. The van der Waals surface area contributed by atoms with Crippen LogP contribution in [0.3, 0.4) is 0 Å². The normalized spacial score (nSPS) is 12.6. The predicted molar refractivity (Wildman–Crippen MR) is 104 cm³/mol. The van der Waals surface area contributed by atoms with Crippen molar-refractivity contribution in [1.29, 1.82) is 0 Å². The summed E-state index contributed by atoms with van der Waals surface area (Å²) < 4.78 is 5.69. The second kappa shape index (κ2) is 6.14. The van der Waals surface area contributed by atoms with E-state index >= 15 is 0 Å². The maximum absolute atomic E-state index is 13.3. The summed E-state index contributed by atoms with van der Waals surface area (Å²) in [6.07, 6.45) is 0. The summed E-state index contributed by atoms with van der Waals surface area (Å²) in [6.45, 7) is 1.62. The fourth-order valence-corrected chi connectivity index (χ4v) is 3.44. The highest BCUT2D eigenvalue weighted by molar-refractivity contribution is 6.28. The molecule has 26 heavy (non-hydrogen) atoms. The number of fused-ring (bicyclic) bond motifs is 2. The van der Waals surface area contributed by atoms with E-state index in [1.807, 2.05) is 63.4 Å². The molecule has 1 N–H and O–H groups in total. The van der Waals surface area contributed by atoms with Gasteiger partial charge in [0.25, 0.3) is 0 Å². The number of benzene rings is 2. The van der Waals surface area contributed by atoms with E-state index in [1.54, 1.807) is 0 Å². The second-order valence-corrected chi connectivity index (χ2v) is 7.05. The molecule has 1 heterocycles. The number of nitrogens with one attached hydrogen (secondary N) is 1. The molecule has 1 aliphatic carbocycles. The van der Waals surface area contributed by atoms with Crippen molar-refractivity contribution in [2.24, 2.45) is 0 Å². The van der Waals surface area contributed by atoms with Crippen molar-refractivity contribution < 1.29 is 9.32 Å². The van der Waals surface area contributed by atoms with E-state index in [4.69, 9.17) is 4.52 Å². The molecule has 0 saturated heterocycles. The van der Waals surface area contributed by atoms with Gasteiger partial charge in [-0.25, -0.2) is 0 Å². The molecule has 1 aromatic heterocycles. The zero-order valence-corrected chi connectivity index (χ0v) is 15.5. The van der Waals surface area contributed by atoms with Crippen LogP contribution in [0.1, 0.15) is 15.9 Å². The van der Waals surface area contributed by atoms with E-state index in [1.165, 1.54) is 0 Å². The lowest BCUT2D eigenvalue weighted by Crippen LogP contribution is -2.22. The number of nitrogens with zero attached hydrogens (tertiary/aromatic N) is 3. The van der Waals surface area contributed by atoms with Crippen molar-refractivity contribution in [3.05, 3.63) is 41.5 Å². The monoisotopic (exact) mass is 350 g/mol. The number of hydrogen-bond acceptors (Lipinski definition) is 6. The van der Waals surface area contributed by atoms with E-state index in [0.717, 1.165) is 40.9 Å². The Labute approximate surface area is 152 Å². The Balaban J connectivity index is 1.96. The van der Waals surface area contributed by atoms with Gasteiger partial charge in [0.2, 0.25) is 0 Å². The van der Waals surface area contributed by atoms with Gasteiger partial charge in [-0.15, -0.1) is 0 Å². The minimum Gasteiger partial charge on any atom is -0.383 e. The van der Waals surface area contributed by atoms with Crippen LogP contribution in [0.15, 0.2) is 34.9 Å². The number of carbonyl (C=O) groups excluding carboxylic acids is 1. The molecule has 1 aliphatic rings. The topological polar surface area (TPSA) is 61.6 Å². The van der Waals surface area contributed by atoms with E-state index < -0.39 is 0 Å². The molecule has 0 spiro atoms. The number of carbonyl (C=O) groups is 1. The molecule has 0 radical (unpaired) electrons. The number of anilines is 2. The average Bonchev–Trinajstić information content (AvgIpc) is 3.04. The van der Waals surface area contributed by atoms with Crippen molar-refractivity contribution in [3.8, 4) is 11.3 Å². The highest BCUT2D eigenvalue weighted by Crippen LogP contribution is 2.45. The lowest BCUT2D eigenvalue weighted by molar-refractivity contribution is 0.104. The number of rotatable bonds is 5. The first-order valence-electron chi connectivity index (χ1n) is 8.65. The SMILES string of the molecule is CN(C)CCNc1cc(N(C)C)c2noc3c2c1C(=O)c1ccccc1-3. The molecular formula is C20H22N4O2. The fourth-order valence-electron chi connectivity index (χ4n) is 3.44. The third-order valence-electron chi connectivity index (χ3n) is 4.73. The van der Waals surface area contributed by atoms with Crippen molar-refractivity contribution in [3.63, 3.8) is 0 Å². The molecule has 6 nitrogen and oxygen atoms in total. The number of aromatic nitrogens is 1. The fraction of sp³-hybridized carbons (Fsp3) is 0.300. The number of hydrogen-bond donors (Lipinski definition) is 1. The summed E-state index contributed by atoms with van der Waals surface area (Å²) >= 11 is 0. The highest BCUT2D eigenvalue weighted by atomic mass is 16.5. The van der Waals surface area contributed by atoms with Gasteiger partial charge in [0.05, 0.1) is 16.6 Å². The van der Waals surface area contributed by atoms with Crippen molar-refractivity contribution in [2.45, 2.75) is 0 Å². The molecule has 0 atom stereocenters. The zero-order valence-electron chi connectivity index (χ0n) is 15.5. The molecule has 0 saturated carbocycles. The summed E-state index contributed by atoms with van der Waals surface area (Å²) in [6, 6.07) is 9.54. The Morgan fingerprint density at radius 3 is 2.54 bits per heavy atom. The maximum atomic E-state index is 13.3. The minimum absolute atomic E-state index is 0.0129.